The third kappa shape index (κ3) is 2.37. The Balaban J connectivity index is 2.48. The molecule has 2 rings (SSSR count). The largest absolute Gasteiger partial charge is 0.497 e. The lowest BCUT2D eigenvalue weighted by molar-refractivity contribution is -0.140. The van der Waals surface area contributed by atoms with Gasteiger partial charge < -0.3 is 14.2 Å². The molecule has 0 aromatic rings. The Hall–Kier alpha value is -1.78. The van der Waals surface area contributed by atoms with E-state index in [0.717, 1.165) is 24.2 Å². The number of esters is 2. The lowest BCUT2D eigenvalue weighted by Crippen LogP contribution is -2.30. The molecule has 0 unspecified atom stereocenters. The molecular weight excluding hydrogens is 248 g/mol. The fourth-order valence-electron chi connectivity index (χ4n) is 2.74. The first kappa shape index (κ1) is 13.6. The summed E-state index contributed by atoms with van der Waals surface area (Å²) in [6.07, 6.45) is 2.02. The van der Waals surface area contributed by atoms with Gasteiger partial charge >= 0.3 is 11.9 Å². The summed E-state index contributed by atoms with van der Waals surface area (Å²) in [6, 6.07) is 0. The number of fused-ring (bicyclic) bond motifs is 1. The van der Waals surface area contributed by atoms with Crippen LogP contribution >= 0.6 is 0 Å². The lowest BCUT2D eigenvalue weighted by atomic mass is 9.79. The molecule has 19 heavy (non-hydrogen) atoms. The van der Waals surface area contributed by atoms with Crippen LogP contribution in [0.25, 0.3) is 0 Å². The Kier molecular flexibility index (Phi) is 3.93. The number of hydrogen-bond acceptors (Lipinski definition) is 5. The van der Waals surface area contributed by atoms with Crippen molar-refractivity contribution in [1.29, 1.82) is 0 Å². The van der Waals surface area contributed by atoms with Crippen molar-refractivity contribution >= 4 is 11.9 Å². The summed E-state index contributed by atoms with van der Waals surface area (Å²) >= 11 is 0. The van der Waals surface area contributed by atoms with Gasteiger partial charge in [0.25, 0.3) is 0 Å². The molecule has 0 amide bonds. The molecule has 0 aromatic carbocycles. The van der Waals surface area contributed by atoms with Crippen LogP contribution in [0, 0.1) is 5.92 Å². The molecule has 0 bridgehead atoms. The van der Waals surface area contributed by atoms with E-state index in [-0.39, 0.29) is 5.92 Å². The molecule has 1 fully saturated rings. The Morgan fingerprint density at radius 1 is 1.21 bits per heavy atom. The monoisotopic (exact) mass is 266 g/mol. The maximum absolute atomic E-state index is 12.0. The quantitative estimate of drug-likeness (QED) is 0.712. The minimum Gasteiger partial charge on any atom is -0.497 e. The molecule has 5 heteroatoms. The summed E-state index contributed by atoms with van der Waals surface area (Å²) in [5.74, 6) is -0.298. The standard InChI is InChI=1S/C14H18O5/c1-8-7-10(13(15)17-2)11(14(16)18-3)9-5-4-6-19-12(8)9/h9H,4-7H2,1-3H3/t9-/m1/s1. The van der Waals surface area contributed by atoms with Crippen molar-refractivity contribution in [2.45, 2.75) is 26.2 Å². The molecule has 0 aromatic heterocycles. The molecule has 5 nitrogen and oxygen atoms in total. The second-order valence-corrected chi connectivity index (χ2v) is 4.74. The van der Waals surface area contributed by atoms with Crippen molar-refractivity contribution in [3.05, 3.63) is 22.5 Å². The minimum atomic E-state index is -0.471. The predicted octanol–water partition coefficient (Wildman–Crippen LogP) is 1.73. The summed E-state index contributed by atoms with van der Waals surface area (Å²) in [4.78, 5) is 23.9. The van der Waals surface area contributed by atoms with Gasteiger partial charge in [0, 0.05) is 12.3 Å². The van der Waals surface area contributed by atoms with E-state index >= 15 is 0 Å². The molecule has 0 spiro atoms. The van der Waals surface area contributed by atoms with E-state index in [0.29, 0.717) is 24.2 Å². The normalized spacial score (nSPS) is 22.6. The summed E-state index contributed by atoms with van der Waals surface area (Å²) in [5, 5.41) is 0. The van der Waals surface area contributed by atoms with E-state index in [1.54, 1.807) is 0 Å². The van der Waals surface area contributed by atoms with Crippen molar-refractivity contribution < 1.29 is 23.8 Å². The fourth-order valence-corrected chi connectivity index (χ4v) is 2.74. The van der Waals surface area contributed by atoms with Gasteiger partial charge in [0.15, 0.2) is 0 Å². The molecule has 1 aliphatic carbocycles. The second kappa shape index (κ2) is 5.47. The first-order chi connectivity index (χ1) is 9.10. The number of allylic oxidation sites excluding steroid dienone is 2. The maximum atomic E-state index is 12.0. The molecule has 2 aliphatic rings. The number of methoxy groups -OCH3 is 2. The van der Waals surface area contributed by atoms with Crippen LogP contribution in [-0.2, 0) is 23.8 Å². The highest BCUT2D eigenvalue weighted by molar-refractivity contribution is 6.02. The highest BCUT2D eigenvalue weighted by Gasteiger charge is 2.38. The van der Waals surface area contributed by atoms with Gasteiger partial charge in [-0.25, -0.2) is 9.59 Å². The Morgan fingerprint density at radius 3 is 2.53 bits per heavy atom. The van der Waals surface area contributed by atoms with Gasteiger partial charge in [-0.15, -0.1) is 0 Å². The molecule has 1 saturated heterocycles. The lowest BCUT2D eigenvalue weighted by Gasteiger charge is -2.33. The summed E-state index contributed by atoms with van der Waals surface area (Å²) in [6.45, 7) is 2.58. The van der Waals surface area contributed by atoms with E-state index in [1.165, 1.54) is 14.2 Å². The Morgan fingerprint density at radius 2 is 1.89 bits per heavy atom. The average molecular weight is 266 g/mol. The van der Waals surface area contributed by atoms with Gasteiger partial charge in [-0.3, -0.25) is 0 Å². The highest BCUT2D eigenvalue weighted by atomic mass is 16.5. The van der Waals surface area contributed by atoms with Crippen LogP contribution in [0.2, 0.25) is 0 Å². The maximum Gasteiger partial charge on any atom is 0.335 e. The van der Waals surface area contributed by atoms with E-state index in [2.05, 4.69) is 0 Å². The van der Waals surface area contributed by atoms with Crippen LogP contribution in [0.15, 0.2) is 22.5 Å². The van der Waals surface area contributed by atoms with Crippen LogP contribution in [-0.4, -0.2) is 32.8 Å². The Labute approximate surface area is 112 Å². The zero-order valence-electron chi connectivity index (χ0n) is 11.4. The number of rotatable bonds is 2. The molecule has 0 radical (unpaired) electrons. The third-order valence-electron chi connectivity index (χ3n) is 3.58. The molecule has 104 valence electrons. The highest BCUT2D eigenvalue weighted by Crippen LogP contribution is 2.41. The van der Waals surface area contributed by atoms with Crippen molar-refractivity contribution in [2.75, 3.05) is 20.8 Å². The van der Waals surface area contributed by atoms with Crippen molar-refractivity contribution in [1.82, 2.24) is 0 Å². The van der Waals surface area contributed by atoms with E-state index < -0.39 is 11.9 Å². The fraction of sp³-hybridized carbons (Fsp3) is 0.571. The van der Waals surface area contributed by atoms with Crippen LogP contribution < -0.4 is 0 Å². The van der Waals surface area contributed by atoms with Crippen LogP contribution in [0.4, 0.5) is 0 Å². The van der Waals surface area contributed by atoms with Gasteiger partial charge in [0.1, 0.15) is 5.76 Å². The average Bonchev–Trinajstić information content (AvgIpc) is 2.45. The molecule has 1 atom stereocenters. The molecule has 1 heterocycles. The first-order valence-corrected chi connectivity index (χ1v) is 6.32. The van der Waals surface area contributed by atoms with Crippen molar-refractivity contribution in [3.63, 3.8) is 0 Å². The zero-order valence-corrected chi connectivity index (χ0v) is 11.4. The van der Waals surface area contributed by atoms with E-state index in [1.807, 2.05) is 6.92 Å². The summed E-state index contributed by atoms with van der Waals surface area (Å²) in [5.41, 5.74) is 1.78. The molecule has 0 N–H and O–H groups in total. The van der Waals surface area contributed by atoms with E-state index in [4.69, 9.17) is 14.2 Å². The number of carbonyl (C=O) groups excluding carboxylic acids is 2. The number of ether oxygens (including phenoxy) is 3. The number of carbonyl (C=O) groups is 2. The van der Waals surface area contributed by atoms with Gasteiger partial charge in [-0.05, 0) is 25.3 Å². The zero-order chi connectivity index (χ0) is 14.0. The van der Waals surface area contributed by atoms with Gasteiger partial charge in [-0.2, -0.15) is 0 Å². The van der Waals surface area contributed by atoms with Crippen LogP contribution in [0.3, 0.4) is 0 Å². The van der Waals surface area contributed by atoms with Gasteiger partial charge in [0.2, 0.25) is 0 Å². The molecular formula is C14H18O5. The topological polar surface area (TPSA) is 61.8 Å². The third-order valence-corrected chi connectivity index (χ3v) is 3.58. The smallest absolute Gasteiger partial charge is 0.335 e. The Bertz CT molecular complexity index is 472. The van der Waals surface area contributed by atoms with E-state index in [9.17, 15) is 9.59 Å². The van der Waals surface area contributed by atoms with Crippen LogP contribution in [0.5, 0.6) is 0 Å². The van der Waals surface area contributed by atoms with Crippen molar-refractivity contribution in [3.8, 4) is 0 Å². The molecule has 1 aliphatic heterocycles. The predicted molar refractivity (Wildman–Crippen MR) is 67.1 cm³/mol. The number of hydrogen-bond donors (Lipinski definition) is 0. The molecule has 0 saturated carbocycles. The van der Waals surface area contributed by atoms with Crippen LogP contribution in [0.1, 0.15) is 26.2 Å². The summed E-state index contributed by atoms with van der Waals surface area (Å²) < 4.78 is 15.3. The summed E-state index contributed by atoms with van der Waals surface area (Å²) in [7, 11) is 2.63. The SMILES string of the molecule is COC(=O)C1=C(C(=O)OC)[C@H]2CCCOC2=C(C)C1. The first-order valence-electron chi connectivity index (χ1n) is 6.32. The van der Waals surface area contributed by atoms with Gasteiger partial charge in [0.05, 0.1) is 32.0 Å². The van der Waals surface area contributed by atoms with Crippen molar-refractivity contribution in [2.24, 2.45) is 5.92 Å². The second-order valence-electron chi connectivity index (χ2n) is 4.74. The van der Waals surface area contributed by atoms with Gasteiger partial charge in [-0.1, -0.05) is 0 Å². The minimum absolute atomic E-state index is 0.177.